The third-order valence-corrected chi connectivity index (χ3v) is 5.76. The molecule has 3 aromatic carbocycles. The van der Waals surface area contributed by atoms with E-state index in [0.717, 1.165) is 49.9 Å². The van der Waals surface area contributed by atoms with E-state index in [1.165, 1.54) is 5.56 Å². The van der Waals surface area contributed by atoms with Crippen molar-refractivity contribution in [2.24, 2.45) is 7.05 Å². The summed E-state index contributed by atoms with van der Waals surface area (Å²) in [7, 11) is 2.03. The molecule has 0 fully saturated rings. The van der Waals surface area contributed by atoms with Crippen molar-refractivity contribution >= 4 is 21.9 Å². The van der Waals surface area contributed by atoms with Gasteiger partial charge in [-0.1, -0.05) is 42.0 Å². The van der Waals surface area contributed by atoms with Gasteiger partial charge in [0.1, 0.15) is 12.6 Å². The maximum atomic E-state index is 9.95. The van der Waals surface area contributed by atoms with Crippen LogP contribution in [0.3, 0.4) is 0 Å². The van der Waals surface area contributed by atoms with E-state index in [1.54, 1.807) is 0 Å². The molecule has 3 heteroatoms. The summed E-state index contributed by atoms with van der Waals surface area (Å²) in [5, 5.41) is 11.8. The maximum absolute atomic E-state index is 9.95. The van der Waals surface area contributed by atoms with E-state index in [4.69, 9.17) is 4.42 Å². The predicted molar refractivity (Wildman–Crippen MR) is 120 cm³/mol. The zero-order chi connectivity index (χ0) is 20.8. The number of hydrogen-bond donors (Lipinski definition) is 0. The van der Waals surface area contributed by atoms with Crippen LogP contribution in [0.2, 0.25) is 0 Å². The molecule has 144 valence electrons. The van der Waals surface area contributed by atoms with Crippen LogP contribution in [0.1, 0.15) is 16.7 Å². The highest BCUT2D eigenvalue weighted by atomic mass is 16.3. The molecule has 0 radical (unpaired) electrons. The zero-order valence-corrected chi connectivity index (χ0v) is 17.2. The van der Waals surface area contributed by atoms with Crippen LogP contribution >= 0.6 is 0 Å². The van der Waals surface area contributed by atoms with Crippen molar-refractivity contribution in [3.8, 4) is 28.5 Å². The van der Waals surface area contributed by atoms with E-state index in [-0.39, 0.29) is 0 Å². The van der Waals surface area contributed by atoms with Gasteiger partial charge in [-0.2, -0.15) is 5.26 Å². The molecule has 0 spiro atoms. The first-order valence-electron chi connectivity index (χ1n) is 9.99. The minimum Gasteiger partial charge on any atom is -0.455 e. The molecule has 3 nitrogen and oxygen atoms in total. The Labute approximate surface area is 175 Å². The zero-order valence-electron chi connectivity index (χ0n) is 17.2. The molecule has 5 aromatic rings. The molecular weight excluding hydrogens is 368 g/mol. The molecule has 0 aliphatic carbocycles. The van der Waals surface area contributed by atoms with Gasteiger partial charge in [-0.25, -0.2) is 4.57 Å². The smallest absolute Gasteiger partial charge is 0.216 e. The van der Waals surface area contributed by atoms with Gasteiger partial charge in [0.15, 0.2) is 11.8 Å². The number of hydrogen-bond acceptors (Lipinski definition) is 2. The average molecular weight is 389 g/mol. The van der Waals surface area contributed by atoms with E-state index in [1.807, 2.05) is 50.5 Å². The molecule has 2 heterocycles. The van der Waals surface area contributed by atoms with E-state index in [0.29, 0.717) is 5.56 Å². The van der Waals surface area contributed by atoms with Crippen molar-refractivity contribution < 1.29 is 8.98 Å². The Morgan fingerprint density at radius 1 is 0.900 bits per heavy atom. The maximum Gasteiger partial charge on any atom is 0.216 e. The van der Waals surface area contributed by atoms with Gasteiger partial charge in [-0.05, 0) is 48.7 Å². The molecule has 0 N–H and O–H groups in total. The summed E-state index contributed by atoms with van der Waals surface area (Å²) in [4.78, 5) is 0. The van der Waals surface area contributed by atoms with E-state index in [2.05, 4.69) is 54.0 Å². The number of benzene rings is 3. The fourth-order valence-corrected chi connectivity index (χ4v) is 4.28. The van der Waals surface area contributed by atoms with Crippen LogP contribution in [0.4, 0.5) is 0 Å². The summed E-state index contributed by atoms with van der Waals surface area (Å²) in [6.07, 6.45) is 2.03. The number of aromatic nitrogens is 1. The third kappa shape index (κ3) is 2.69. The first-order chi connectivity index (χ1) is 14.6. The molecule has 0 amide bonds. The van der Waals surface area contributed by atoms with Gasteiger partial charge in [-0.3, -0.25) is 0 Å². The number of aryl methyl sites for hydroxylation is 3. The minimum absolute atomic E-state index is 0.642. The topological polar surface area (TPSA) is 40.8 Å². The molecule has 0 aliphatic heterocycles. The van der Waals surface area contributed by atoms with Crippen molar-refractivity contribution in [1.29, 1.82) is 5.26 Å². The number of rotatable bonds is 2. The Hall–Kier alpha value is -3.90. The van der Waals surface area contributed by atoms with Gasteiger partial charge in [0.2, 0.25) is 5.69 Å². The lowest BCUT2D eigenvalue weighted by atomic mass is 9.93. The quantitative estimate of drug-likeness (QED) is 0.336. The van der Waals surface area contributed by atoms with Crippen LogP contribution in [0, 0.1) is 25.2 Å². The first-order valence-corrected chi connectivity index (χ1v) is 9.99. The highest BCUT2D eigenvalue weighted by Crippen LogP contribution is 2.42. The number of nitriles is 1. The summed E-state index contributed by atoms with van der Waals surface area (Å²) < 4.78 is 8.52. The van der Waals surface area contributed by atoms with Crippen molar-refractivity contribution in [1.82, 2.24) is 0 Å². The van der Waals surface area contributed by atoms with Gasteiger partial charge in [0, 0.05) is 22.9 Å². The molecule has 5 rings (SSSR count). The number of pyridine rings is 1. The number of nitrogens with zero attached hydrogens (tertiary/aromatic N) is 2. The number of furan rings is 1. The standard InChI is InChI=1S/C27H21N2O/c1-17-10-12-19(13-11-17)21-7-6-9-23-26(21)25-20(16-28)15-18(2)24(27(25)30-23)22-8-4-5-14-29(22)3/h4-15H,1-3H3/q+1. The Balaban J connectivity index is 1.95. The lowest BCUT2D eigenvalue weighted by Crippen LogP contribution is -2.30. The van der Waals surface area contributed by atoms with E-state index in [9.17, 15) is 5.26 Å². The van der Waals surface area contributed by atoms with E-state index >= 15 is 0 Å². The normalized spacial score (nSPS) is 11.1. The second kappa shape index (κ2) is 6.86. The van der Waals surface area contributed by atoms with Crippen LogP contribution in [-0.2, 0) is 7.05 Å². The number of fused-ring (bicyclic) bond motifs is 3. The SMILES string of the molecule is Cc1ccc(-c2cccc3oc4c(-c5cccc[n+]5C)c(C)cc(C#N)c4c23)cc1. The fraction of sp³-hybridized carbons (Fsp3) is 0.111. The van der Waals surface area contributed by atoms with Gasteiger partial charge in [0.05, 0.1) is 17.2 Å². The molecule has 30 heavy (non-hydrogen) atoms. The summed E-state index contributed by atoms with van der Waals surface area (Å²) >= 11 is 0. The summed E-state index contributed by atoms with van der Waals surface area (Å²) in [6.45, 7) is 4.12. The molecular formula is C27H21N2O+. The second-order valence-electron chi connectivity index (χ2n) is 7.78. The first kappa shape index (κ1) is 18.1. The average Bonchev–Trinajstić information content (AvgIpc) is 3.14. The highest BCUT2D eigenvalue weighted by Gasteiger charge is 2.24. The molecule has 0 aliphatic rings. The van der Waals surface area contributed by atoms with Gasteiger partial charge < -0.3 is 4.42 Å². The van der Waals surface area contributed by atoms with Gasteiger partial charge in [0.25, 0.3) is 0 Å². The van der Waals surface area contributed by atoms with Crippen LogP contribution in [0.15, 0.2) is 77.3 Å². The van der Waals surface area contributed by atoms with Crippen molar-refractivity contribution in [2.75, 3.05) is 0 Å². The van der Waals surface area contributed by atoms with E-state index < -0.39 is 0 Å². The largest absolute Gasteiger partial charge is 0.455 e. The van der Waals surface area contributed by atoms with Crippen molar-refractivity contribution in [3.05, 3.63) is 89.6 Å². The summed E-state index contributed by atoms with van der Waals surface area (Å²) in [5.41, 5.74) is 8.72. The Morgan fingerprint density at radius 2 is 1.70 bits per heavy atom. The molecule has 0 saturated carbocycles. The van der Waals surface area contributed by atoms with Crippen LogP contribution < -0.4 is 4.57 Å². The molecule has 0 atom stereocenters. The van der Waals surface area contributed by atoms with Crippen LogP contribution in [0.5, 0.6) is 0 Å². The third-order valence-electron chi connectivity index (χ3n) is 5.76. The second-order valence-corrected chi connectivity index (χ2v) is 7.78. The molecule has 2 aromatic heterocycles. The Morgan fingerprint density at radius 3 is 2.43 bits per heavy atom. The van der Waals surface area contributed by atoms with Crippen molar-refractivity contribution in [2.45, 2.75) is 13.8 Å². The highest BCUT2D eigenvalue weighted by molar-refractivity contribution is 6.17. The van der Waals surface area contributed by atoms with Gasteiger partial charge in [-0.15, -0.1) is 0 Å². The minimum atomic E-state index is 0.642. The fourth-order valence-electron chi connectivity index (χ4n) is 4.28. The molecule has 0 saturated heterocycles. The molecule has 0 bridgehead atoms. The summed E-state index contributed by atoms with van der Waals surface area (Å²) in [6, 6.07) is 25.1. The van der Waals surface area contributed by atoms with Crippen LogP contribution in [-0.4, -0.2) is 0 Å². The Bertz CT molecular complexity index is 1470. The monoisotopic (exact) mass is 389 g/mol. The molecule has 0 unspecified atom stereocenters. The predicted octanol–water partition coefficient (Wildman–Crippen LogP) is 6.23. The lowest BCUT2D eigenvalue weighted by molar-refractivity contribution is -0.660. The lowest BCUT2D eigenvalue weighted by Gasteiger charge is -2.08. The van der Waals surface area contributed by atoms with Crippen molar-refractivity contribution in [3.63, 3.8) is 0 Å². The van der Waals surface area contributed by atoms with Gasteiger partial charge >= 0.3 is 0 Å². The summed E-state index contributed by atoms with van der Waals surface area (Å²) in [5.74, 6) is 0. The van der Waals surface area contributed by atoms with Crippen LogP contribution in [0.25, 0.3) is 44.3 Å². The Kier molecular flexibility index (Phi) is 4.15.